The van der Waals surface area contributed by atoms with Gasteiger partial charge in [-0.15, -0.1) is 0 Å². The summed E-state index contributed by atoms with van der Waals surface area (Å²) in [5.41, 5.74) is -0.734. The van der Waals surface area contributed by atoms with Crippen molar-refractivity contribution < 1.29 is 14.4 Å². The van der Waals surface area contributed by atoms with Crippen LogP contribution < -0.4 is 10.6 Å². The van der Waals surface area contributed by atoms with Gasteiger partial charge in [-0.1, -0.05) is 19.3 Å². The van der Waals surface area contributed by atoms with E-state index in [4.69, 9.17) is 0 Å². The number of nitrogens with zero attached hydrogens (tertiary/aromatic N) is 1. The molecule has 2 N–H and O–H groups in total. The van der Waals surface area contributed by atoms with E-state index in [2.05, 4.69) is 10.6 Å². The monoisotopic (exact) mass is 253 g/mol. The van der Waals surface area contributed by atoms with Crippen molar-refractivity contribution in [2.75, 3.05) is 13.1 Å². The molecule has 2 aliphatic rings. The molecule has 1 saturated carbocycles. The third-order valence-electron chi connectivity index (χ3n) is 3.63. The van der Waals surface area contributed by atoms with Crippen LogP contribution in [-0.2, 0) is 9.59 Å². The molecule has 0 aromatic heterocycles. The fourth-order valence-corrected chi connectivity index (χ4v) is 2.71. The second-order valence-electron chi connectivity index (χ2n) is 4.92. The third kappa shape index (κ3) is 2.19. The van der Waals surface area contributed by atoms with Gasteiger partial charge in [0.05, 0.1) is 0 Å². The summed E-state index contributed by atoms with van der Waals surface area (Å²) in [5, 5.41) is 5.37. The predicted octanol–water partition coefficient (Wildman–Crippen LogP) is 0.377. The molecule has 1 saturated heterocycles. The van der Waals surface area contributed by atoms with Crippen molar-refractivity contribution in [1.29, 1.82) is 0 Å². The maximum Gasteiger partial charge on any atom is 0.325 e. The van der Waals surface area contributed by atoms with Crippen molar-refractivity contribution >= 4 is 17.8 Å². The molecule has 0 aromatic carbocycles. The van der Waals surface area contributed by atoms with Crippen molar-refractivity contribution in [3.63, 3.8) is 0 Å². The first kappa shape index (κ1) is 12.9. The zero-order valence-electron chi connectivity index (χ0n) is 10.6. The van der Waals surface area contributed by atoms with Crippen LogP contribution in [-0.4, -0.2) is 41.4 Å². The molecule has 0 radical (unpaired) electrons. The smallest absolute Gasteiger partial charge is 0.325 e. The summed E-state index contributed by atoms with van der Waals surface area (Å²) in [6.45, 7) is 2.11. The lowest BCUT2D eigenvalue weighted by Crippen LogP contribution is -2.49. The Hall–Kier alpha value is -1.59. The maximum absolute atomic E-state index is 12.3. The maximum atomic E-state index is 12.3. The zero-order chi connectivity index (χ0) is 13.2. The lowest BCUT2D eigenvalue weighted by molar-refractivity contribution is -0.135. The van der Waals surface area contributed by atoms with Crippen LogP contribution in [0, 0.1) is 0 Å². The average Bonchev–Trinajstić information content (AvgIpc) is 2.55. The van der Waals surface area contributed by atoms with Gasteiger partial charge in [0, 0.05) is 6.54 Å². The number of imide groups is 1. The highest BCUT2D eigenvalue weighted by atomic mass is 16.2. The van der Waals surface area contributed by atoms with E-state index in [0.717, 1.165) is 24.2 Å². The van der Waals surface area contributed by atoms with E-state index in [-0.39, 0.29) is 18.4 Å². The Morgan fingerprint density at radius 3 is 2.61 bits per heavy atom. The molecule has 100 valence electrons. The Morgan fingerprint density at radius 2 is 2.00 bits per heavy atom. The largest absolute Gasteiger partial charge is 0.355 e. The van der Waals surface area contributed by atoms with E-state index in [1.165, 1.54) is 0 Å². The van der Waals surface area contributed by atoms with Crippen LogP contribution in [0.4, 0.5) is 4.79 Å². The number of amides is 4. The minimum absolute atomic E-state index is 0.180. The fraction of sp³-hybridized carbons (Fsp3) is 0.750. The number of likely N-dealkylation sites (N-methyl/N-ethyl adjacent to an activating group) is 1. The topological polar surface area (TPSA) is 78.5 Å². The Balaban J connectivity index is 2.07. The van der Waals surface area contributed by atoms with Gasteiger partial charge in [-0.05, 0) is 19.8 Å². The summed E-state index contributed by atoms with van der Waals surface area (Å²) in [7, 11) is 0. The number of carbonyl (C=O) groups is 3. The van der Waals surface area contributed by atoms with Crippen LogP contribution in [0.25, 0.3) is 0 Å². The molecule has 6 heteroatoms. The van der Waals surface area contributed by atoms with Crippen molar-refractivity contribution in [3.8, 4) is 0 Å². The van der Waals surface area contributed by atoms with E-state index >= 15 is 0 Å². The van der Waals surface area contributed by atoms with E-state index in [0.29, 0.717) is 19.4 Å². The number of hydrogen-bond donors (Lipinski definition) is 2. The van der Waals surface area contributed by atoms with Gasteiger partial charge in [0.25, 0.3) is 5.91 Å². The Kier molecular flexibility index (Phi) is 3.54. The van der Waals surface area contributed by atoms with Gasteiger partial charge in [-0.25, -0.2) is 4.79 Å². The first-order valence-electron chi connectivity index (χ1n) is 6.50. The van der Waals surface area contributed by atoms with Crippen LogP contribution >= 0.6 is 0 Å². The minimum Gasteiger partial charge on any atom is -0.355 e. The highest BCUT2D eigenvalue weighted by Gasteiger charge is 2.51. The molecule has 18 heavy (non-hydrogen) atoms. The van der Waals surface area contributed by atoms with E-state index in [9.17, 15) is 14.4 Å². The van der Waals surface area contributed by atoms with Gasteiger partial charge >= 0.3 is 6.03 Å². The highest BCUT2D eigenvalue weighted by Crippen LogP contribution is 2.33. The summed E-state index contributed by atoms with van der Waals surface area (Å²) in [6.07, 6.45) is 4.36. The molecule has 1 aliphatic carbocycles. The number of rotatable bonds is 3. The Bertz CT molecular complexity index is 375. The molecular weight excluding hydrogens is 234 g/mol. The van der Waals surface area contributed by atoms with Crippen molar-refractivity contribution in [2.24, 2.45) is 0 Å². The van der Waals surface area contributed by atoms with E-state index < -0.39 is 11.6 Å². The van der Waals surface area contributed by atoms with Gasteiger partial charge in [0.1, 0.15) is 12.1 Å². The average molecular weight is 253 g/mol. The molecule has 0 aromatic rings. The van der Waals surface area contributed by atoms with E-state index in [1.807, 2.05) is 0 Å². The van der Waals surface area contributed by atoms with Crippen molar-refractivity contribution in [3.05, 3.63) is 0 Å². The zero-order valence-corrected chi connectivity index (χ0v) is 10.6. The number of hydrogen-bond acceptors (Lipinski definition) is 3. The first-order valence-corrected chi connectivity index (χ1v) is 6.50. The van der Waals surface area contributed by atoms with E-state index in [1.54, 1.807) is 6.92 Å². The lowest BCUT2D eigenvalue weighted by Gasteiger charge is -2.30. The fourth-order valence-electron chi connectivity index (χ4n) is 2.71. The van der Waals surface area contributed by atoms with Gasteiger partial charge in [-0.2, -0.15) is 0 Å². The summed E-state index contributed by atoms with van der Waals surface area (Å²) in [6, 6.07) is -0.437. The normalized spacial score (nSPS) is 22.2. The Morgan fingerprint density at radius 1 is 1.33 bits per heavy atom. The number of nitrogens with one attached hydrogen (secondary N) is 2. The van der Waals surface area contributed by atoms with Crippen LogP contribution in [0.5, 0.6) is 0 Å². The molecule has 2 fully saturated rings. The van der Waals surface area contributed by atoms with Crippen molar-refractivity contribution in [2.45, 2.75) is 44.6 Å². The standard InChI is InChI=1S/C12H19N3O3/c1-2-13-9(16)8-15-10(17)12(14-11(15)18)6-4-3-5-7-12/h2-8H2,1H3,(H,13,16)(H,14,18). The minimum atomic E-state index is -0.734. The van der Waals surface area contributed by atoms with Gasteiger partial charge in [0.15, 0.2) is 0 Å². The van der Waals surface area contributed by atoms with Crippen LogP contribution in [0.3, 0.4) is 0 Å². The van der Waals surface area contributed by atoms with Crippen LogP contribution in [0.2, 0.25) is 0 Å². The lowest BCUT2D eigenvalue weighted by atomic mass is 9.82. The molecule has 0 atom stereocenters. The molecule has 6 nitrogen and oxygen atoms in total. The second kappa shape index (κ2) is 4.96. The number of urea groups is 1. The van der Waals surface area contributed by atoms with Gasteiger partial charge in [0.2, 0.25) is 5.91 Å². The molecule has 0 bridgehead atoms. The van der Waals surface area contributed by atoms with Gasteiger partial charge in [-0.3, -0.25) is 14.5 Å². The highest BCUT2D eigenvalue weighted by molar-refractivity contribution is 6.09. The molecule has 2 rings (SSSR count). The molecule has 0 unspecified atom stereocenters. The number of carbonyl (C=O) groups excluding carboxylic acids is 3. The molecule has 1 aliphatic heterocycles. The quantitative estimate of drug-likeness (QED) is 0.714. The SMILES string of the molecule is CCNC(=O)CN1C(=O)NC2(CCCCC2)C1=O. The second-order valence-corrected chi connectivity index (χ2v) is 4.92. The molecule has 1 heterocycles. The Labute approximate surface area is 106 Å². The van der Waals surface area contributed by atoms with Gasteiger partial charge < -0.3 is 10.6 Å². The first-order chi connectivity index (χ1) is 8.59. The predicted molar refractivity (Wildman–Crippen MR) is 64.7 cm³/mol. The third-order valence-corrected chi connectivity index (χ3v) is 3.63. The summed E-state index contributed by atoms with van der Waals surface area (Å²) >= 11 is 0. The van der Waals surface area contributed by atoms with Crippen LogP contribution in [0.1, 0.15) is 39.0 Å². The molecule has 4 amide bonds. The summed E-state index contributed by atoms with van der Waals surface area (Å²) in [4.78, 5) is 36.6. The summed E-state index contributed by atoms with van der Waals surface area (Å²) < 4.78 is 0. The van der Waals surface area contributed by atoms with Crippen molar-refractivity contribution in [1.82, 2.24) is 15.5 Å². The summed E-state index contributed by atoms with van der Waals surface area (Å²) in [5.74, 6) is -0.535. The van der Waals surface area contributed by atoms with Crippen LogP contribution in [0.15, 0.2) is 0 Å². The molecule has 1 spiro atoms. The molecular formula is C12H19N3O3.